The predicted molar refractivity (Wildman–Crippen MR) is 75.3 cm³/mol. The molecule has 3 heteroatoms. The third-order valence-corrected chi connectivity index (χ3v) is 4.84. The van der Waals surface area contributed by atoms with Gasteiger partial charge in [-0.25, -0.2) is 0 Å². The van der Waals surface area contributed by atoms with E-state index in [1.807, 2.05) is 11.8 Å². The van der Waals surface area contributed by atoms with Crippen molar-refractivity contribution in [2.24, 2.45) is 0 Å². The first-order valence-corrected chi connectivity index (χ1v) is 8.00. The van der Waals surface area contributed by atoms with Gasteiger partial charge in [0.1, 0.15) is 0 Å². The van der Waals surface area contributed by atoms with E-state index in [1.54, 1.807) is 0 Å². The van der Waals surface area contributed by atoms with Crippen LogP contribution in [0.25, 0.3) is 0 Å². The monoisotopic (exact) mass is 244 g/mol. The molecule has 16 heavy (non-hydrogen) atoms. The van der Waals surface area contributed by atoms with Crippen molar-refractivity contribution in [3.63, 3.8) is 0 Å². The van der Waals surface area contributed by atoms with Crippen LogP contribution in [0, 0.1) is 0 Å². The second kappa shape index (κ2) is 7.57. The van der Waals surface area contributed by atoms with Crippen molar-refractivity contribution < 1.29 is 0 Å². The first-order chi connectivity index (χ1) is 7.71. The maximum absolute atomic E-state index is 3.65. The summed E-state index contributed by atoms with van der Waals surface area (Å²) in [6, 6.07) is 1.48. The van der Waals surface area contributed by atoms with Crippen LogP contribution in [0.15, 0.2) is 0 Å². The molecule has 1 fully saturated rings. The molecule has 1 aliphatic rings. The molecule has 0 spiro atoms. The van der Waals surface area contributed by atoms with Crippen LogP contribution in [0.5, 0.6) is 0 Å². The molecule has 1 N–H and O–H groups in total. The van der Waals surface area contributed by atoms with E-state index in [0.717, 1.165) is 11.3 Å². The fourth-order valence-corrected chi connectivity index (χ4v) is 2.68. The van der Waals surface area contributed by atoms with Crippen LogP contribution in [0.2, 0.25) is 0 Å². The molecule has 1 saturated heterocycles. The fraction of sp³-hybridized carbons (Fsp3) is 1.00. The SMILES string of the molecule is CCC1CN(CCC(C)SC)C(CC)CN1. The minimum Gasteiger partial charge on any atom is -0.311 e. The molecule has 96 valence electrons. The summed E-state index contributed by atoms with van der Waals surface area (Å²) >= 11 is 1.99. The Bertz CT molecular complexity index is 187. The van der Waals surface area contributed by atoms with Crippen LogP contribution >= 0.6 is 11.8 Å². The molecule has 0 amide bonds. The van der Waals surface area contributed by atoms with Crippen molar-refractivity contribution >= 4 is 11.8 Å². The van der Waals surface area contributed by atoms with Gasteiger partial charge >= 0.3 is 0 Å². The van der Waals surface area contributed by atoms with Gasteiger partial charge in [0.2, 0.25) is 0 Å². The molecule has 0 aliphatic carbocycles. The lowest BCUT2D eigenvalue weighted by molar-refractivity contribution is 0.124. The quantitative estimate of drug-likeness (QED) is 0.773. The van der Waals surface area contributed by atoms with Crippen molar-refractivity contribution in [2.45, 2.75) is 57.4 Å². The van der Waals surface area contributed by atoms with Crippen LogP contribution in [0.3, 0.4) is 0 Å². The third kappa shape index (κ3) is 4.27. The Morgan fingerprint density at radius 2 is 2.12 bits per heavy atom. The predicted octanol–water partition coefficient (Wildman–Crippen LogP) is 2.59. The van der Waals surface area contributed by atoms with E-state index >= 15 is 0 Å². The van der Waals surface area contributed by atoms with E-state index < -0.39 is 0 Å². The Morgan fingerprint density at radius 1 is 1.38 bits per heavy atom. The Morgan fingerprint density at radius 3 is 2.69 bits per heavy atom. The van der Waals surface area contributed by atoms with Gasteiger partial charge in [0.25, 0.3) is 0 Å². The molecule has 1 aliphatic heterocycles. The van der Waals surface area contributed by atoms with Gasteiger partial charge in [-0.3, -0.25) is 4.90 Å². The van der Waals surface area contributed by atoms with E-state index in [9.17, 15) is 0 Å². The van der Waals surface area contributed by atoms with Crippen molar-refractivity contribution in [3.05, 3.63) is 0 Å². The average Bonchev–Trinajstić information content (AvgIpc) is 2.35. The Balaban J connectivity index is 2.39. The van der Waals surface area contributed by atoms with Gasteiger partial charge in [-0.2, -0.15) is 11.8 Å². The zero-order valence-electron chi connectivity index (χ0n) is 11.3. The number of thioether (sulfide) groups is 1. The van der Waals surface area contributed by atoms with E-state index in [-0.39, 0.29) is 0 Å². The van der Waals surface area contributed by atoms with Crippen molar-refractivity contribution in [3.8, 4) is 0 Å². The normalized spacial score (nSPS) is 29.2. The van der Waals surface area contributed by atoms with Gasteiger partial charge in [-0.05, 0) is 32.1 Å². The molecule has 0 bridgehead atoms. The lowest BCUT2D eigenvalue weighted by atomic mass is 10.0. The summed E-state index contributed by atoms with van der Waals surface area (Å²) < 4.78 is 0. The highest BCUT2D eigenvalue weighted by molar-refractivity contribution is 7.99. The number of nitrogens with zero attached hydrogens (tertiary/aromatic N) is 1. The molecule has 0 saturated carbocycles. The van der Waals surface area contributed by atoms with Gasteiger partial charge < -0.3 is 5.32 Å². The van der Waals surface area contributed by atoms with Crippen molar-refractivity contribution in [2.75, 3.05) is 25.9 Å². The van der Waals surface area contributed by atoms with Gasteiger partial charge in [0.15, 0.2) is 0 Å². The highest BCUT2D eigenvalue weighted by Crippen LogP contribution is 2.16. The molecule has 2 nitrogen and oxygen atoms in total. The summed E-state index contributed by atoms with van der Waals surface area (Å²) in [7, 11) is 0. The number of rotatable bonds is 6. The van der Waals surface area contributed by atoms with Crippen molar-refractivity contribution in [1.82, 2.24) is 10.2 Å². The lowest BCUT2D eigenvalue weighted by Crippen LogP contribution is -2.56. The molecule has 0 aromatic carbocycles. The van der Waals surface area contributed by atoms with E-state index in [1.165, 1.54) is 38.9 Å². The molecule has 0 aromatic rings. The largest absolute Gasteiger partial charge is 0.311 e. The molecule has 1 rings (SSSR count). The average molecular weight is 244 g/mol. The summed E-state index contributed by atoms with van der Waals surface area (Å²) in [5.41, 5.74) is 0. The van der Waals surface area contributed by atoms with E-state index in [4.69, 9.17) is 0 Å². The maximum Gasteiger partial charge on any atom is 0.0218 e. The molecular weight excluding hydrogens is 216 g/mol. The van der Waals surface area contributed by atoms with E-state index in [0.29, 0.717) is 6.04 Å². The molecule has 1 heterocycles. The first kappa shape index (κ1) is 14.3. The van der Waals surface area contributed by atoms with Gasteiger partial charge in [0, 0.05) is 30.4 Å². The van der Waals surface area contributed by atoms with Crippen LogP contribution in [-0.2, 0) is 0 Å². The summed E-state index contributed by atoms with van der Waals surface area (Å²) in [5.74, 6) is 0. The number of nitrogens with one attached hydrogen (secondary N) is 1. The summed E-state index contributed by atoms with van der Waals surface area (Å²) in [6.45, 7) is 10.6. The molecule has 0 aromatic heterocycles. The van der Waals surface area contributed by atoms with Crippen LogP contribution in [0.1, 0.15) is 40.0 Å². The van der Waals surface area contributed by atoms with Crippen LogP contribution < -0.4 is 5.32 Å². The second-order valence-corrected chi connectivity index (χ2v) is 6.18. The molecular formula is C13H28N2S. The Labute approximate surface area is 106 Å². The van der Waals surface area contributed by atoms with E-state index in [2.05, 4.69) is 37.2 Å². The Hall–Kier alpha value is 0.270. The summed E-state index contributed by atoms with van der Waals surface area (Å²) in [6.07, 6.45) is 6.07. The number of hydrogen-bond donors (Lipinski definition) is 1. The minimum atomic E-state index is 0.715. The fourth-order valence-electron chi connectivity index (χ4n) is 2.34. The minimum absolute atomic E-state index is 0.715. The first-order valence-electron chi connectivity index (χ1n) is 6.71. The third-order valence-electron chi connectivity index (χ3n) is 3.80. The molecule has 3 atom stereocenters. The highest BCUT2D eigenvalue weighted by Gasteiger charge is 2.25. The number of piperazine rings is 1. The zero-order valence-corrected chi connectivity index (χ0v) is 12.1. The molecule has 0 radical (unpaired) electrons. The summed E-state index contributed by atoms with van der Waals surface area (Å²) in [4.78, 5) is 2.71. The highest BCUT2D eigenvalue weighted by atomic mass is 32.2. The number of hydrogen-bond acceptors (Lipinski definition) is 3. The topological polar surface area (TPSA) is 15.3 Å². The lowest BCUT2D eigenvalue weighted by Gasteiger charge is -2.40. The van der Waals surface area contributed by atoms with Gasteiger partial charge in [-0.1, -0.05) is 20.8 Å². The van der Waals surface area contributed by atoms with Gasteiger partial charge in [-0.15, -0.1) is 0 Å². The zero-order chi connectivity index (χ0) is 12.0. The standard InChI is InChI=1S/C13H28N2S/c1-5-12-10-15(8-7-11(3)16-4)13(6-2)9-14-12/h11-14H,5-10H2,1-4H3. The smallest absolute Gasteiger partial charge is 0.0218 e. The second-order valence-electron chi connectivity index (χ2n) is 4.91. The summed E-state index contributed by atoms with van der Waals surface area (Å²) in [5, 5.41) is 4.45. The Kier molecular flexibility index (Phi) is 6.78. The van der Waals surface area contributed by atoms with Gasteiger partial charge in [0.05, 0.1) is 0 Å². The van der Waals surface area contributed by atoms with Crippen LogP contribution in [-0.4, -0.2) is 48.1 Å². The van der Waals surface area contributed by atoms with Crippen molar-refractivity contribution in [1.29, 1.82) is 0 Å². The maximum atomic E-state index is 3.65. The molecule has 3 unspecified atom stereocenters. The van der Waals surface area contributed by atoms with Crippen LogP contribution in [0.4, 0.5) is 0 Å².